The molecule has 1 rings (SSSR count). The van der Waals surface area contributed by atoms with E-state index in [0.29, 0.717) is 6.61 Å². The first-order chi connectivity index (χ1) is 6.15. The Balaban J connectivity index is 2.26. The van der Waals surface area contributed by atoms with Crippen LogP contribution in [0.5, 0.6) is 0 Å². The fourth-order valence-electron chi connectivity index (χ4n) is 1.02. The van der Waals surface area contributed by atoms with Crippen molar-refractivity contribution < 1.29 is 14.3 Å². The van der Waals surface area contributed by atoms with Crippen molar-refractivity contribution in [1.29, 1.82) is 0 Å². The second kappa shape index (κ2) is 4.34. The molecule has 2 N–H and O–H groups in total. The molecule has 0 aromatic heterocycles. The topological polar surface area (TPSA) is 70.7 Å². The van der Waals surface area contributed by atoms with Crippen LogP contribution in [0.3, 0.4) is 0 Å². The third-order valence-electron chi connectivity index (χ3n) is 1.79. The Morgan fingerprint density at radius 1 is 1.62 bits per heavy atom. The lowest BCUT2D eigenvalue weighted by molar-refractivity contribution is -0.127. The smallest absolute Gasteiger partial charge is 0.234 e. The molecule has 0 aromatic rings. The lowest BCUT2D eigenvalue weighted by Crippen LogP contribution is -2.43. The molecule has 2 atom stereocenters. The number of ketones is 1. The first-order valence-electron chi connectivity index (χ1n) is 4.24. The highest BCUT2D eigenvalue weighted by Gasteiger charge is 2.34. The Morgan fingerprint density at radius 2 is 2.23 bits per heavy atom. The molecule has 1 amide bonds. The van der Waals surface area contributed by atoms with Gasteiger partial charge >= 0.3 is 0 Å². The van der Waals surface area contributed by atoms with Crippen LogP contribution in [0.25, 0.3) is 0 Å². The molecule has 1 aliphatic rings. The quantitative estimate of drug-likeness (QED) is 0.522. The van der Waals surface area contributed by atoms with Crippen LogP contribution in [0, 0.1) is 0 Å². The van der Waals surface area contributed by atoms with Gasteiger partial charge in [0, 0.05) is 0 Å². The number of epoxide rings is 1. The monoisotopic (exact) mass is 186 g/mol. The molecule has 0 aromatic carbocycles. The molecule has 0 bridgehead atoms. The van der Waals surface area contributed by atoms with E-state index >= 15 is 0 Å². The van der Waals surface area contributed by atoms with Crippen LogP contribution >= 0.6 is 0 Å². The number of nitrogens with one attached hydrogen (secondary N) is 2. The number of Topliss-reactive ketones (excluding diaryl/α,β-unsaturated/α-hetero) is 1. The van der Waals surface area contributed by atoms with E-state index < -0.39 is 6.04 Å². The lowest BCUT2D eigenvalue weighted by Gasteiger charge is -2.10. The summed E-state index contributed by atoms with van der Waals surface area (Å²) >= 11 is 0. The van der Waals surface area contributed by atoms with Gasteiger partial charge < -0.3 is 15.4 Å². The zero-order chi connectivity index (χ0) is 9.84. The normalized spacial score (nSPS) is 22.2. The summed E-state index contributed by atoms with van der Waals surface area (Å²) in [7, 11) is 1.68. The van der Waals surface area contributed by atoms with Crippen molar-refractivity contribution in [2.24, 2.45) is 0 Å². The van der Waals surface area contributed by atoms with E-state index in [9.17, 15) is 9.59 Å². The first kappa shape index (κ1) is 10.1. The second-order valence-electron chi connectivity index (χ2n) is 3.04. The minimum absolute atomic E-state index is 0.0514. The third-order valence-corrected chi connectivity index (χ3v) is 1.79. The van der Waals surface area contributed by atoms with E-state index in [1.54, 1.807) is 14.0 Å². The predicted octanol–water partition coefficient (Wildman–Crippen LogP) is -1.32. The Bertz CT molecular complexity index is 213. The van der Waals surface area contributed by atoms with Crippen molar-refractivity contribution in [1.82, 2.24) is 10.6 Å². The summed E-state index contributed by atoms with van der Waals surface area (Å²) in [5.41, 5.74) is 0. The summed E-state index contributed by atoms with van der Waals surface area (Å²) in [6, 6.07) is -0.451. The number of carbonyl (C=O) groups is 2. The number of amides is 1. The van der Waals surface area contributed by atoms with Crippen molar-refractivity contribution in [3.8, 4) is 0 Å². The van der Waals surface area contributed by atoms with Gasteiger partial charge in [0.2, 0.25) is 5.91 Å². The average Bonchev–Trinajstić information content (AvgIpc) is 2.85. The van der Waals surface area contributed by atoms with Gasteiger partial charge in [-0.1, -0.05) is 0 Å². The van der Waals surface area contributed by atoms with Crippen LogP contribution < -0.4 is 10.6 Å². The van der Waals surface area contributed by atoms with E-state index in [1.165, 1.54) is 0 Å². The van der Waals surface area contributed by atoms with Crippen LogP contribution in [0.4, 0.5) is 0 Å². The molecule has 0 saturated carbocycles. The summed E-state index contributed by atoms with van der Waals surface area (Å²) in [5, 5.41) is 5.27. The summed E-state index contributed by atoms with van der Waals surface area (Å²) < 4.78 is 4.82. The average molecular weight is 186 g/mol. The number of likely N-dealkylation sites (N-methyl/N-ethyl adjacent to an activating group) is 1. The Labute approximate surface area is 76.8 Å². The minimum Gasteiger partial charge on any atom is -0.365 e. The van der Waals surface area contributed by atoms with Crippen molar-refractivity contribution in [3.63, 3.8) is 0 Å². The van der Waals surface area contributed by atoms with Gasteiger partial charge in [-0.15, -0.1) is 0 Å². The fourth-order valence-corrected chi connectivity index (χ4v) is 1.02. The van der Waals surface area contributed by atoms with Gasteiger partial charge in [-0.3, -0.25) is 9.59 Å². The van der Waals surface area contributed by atoms with Crippen LogP contribution in [0.2, 0.25) is 0 Å². The molecule has 13 heavy (non-hydrogen) atoms. The predicted molar refractivity (Wildman–Crippen MR) is 46.3 cm³/mol. The Hall–Kier alpha value is -0.940. The molecule has 5 heteroatoms. The van der Waals surface area contributed by atoms with Crippen LogP contribution in [-0.4, -0.2) is 44.0 Å². The van der Waals surface area contributed by atoms with Gasteiger partial charge in [0.05, 0.1) is 19.2 Å². The molecular weight excluding hydrogens is 172 g/mol. The largest absolute Gasteiger partial charge is 0.365 e. The molecule has 0 spiro atoms. The maximum absolute atomic E-state index is 11.3. The van der Waals surface area contributed by atoms with Crippen LogP contribution in [0.1, 0.15) is 6.92 Å². The first-order valence-corrected chi connectivity index (χ1v) is 4.24. The Morgan fingerprint density at radius 3 is 2.69 bits per heavy atom. The minimum atomic E-state index is -0.451. The molecule has 0 radical (unpaired) electrons. The molecule has 1 saturated heterocycles. The van der Waals surface area contributed by atoms with E-state index in [4.69, 9.17) is 4.74 Å². The van der Waals surface area contributed by atoms with Gasteiger partial charge in [0.1, 0.15) is 6.10 Å². The maximum Gasteiger partial charge on any atom is 0.234 e. The van der Waals surface area contributed by atoms with E-state index in [1.807, 2.05) is 0 Å². The summed E-state index contributed by atoms with van der Waals surface area (Å²) in [6.07, 6.45) is -0.287. The summed E-state index contributed by atoms with van der Waals surface area (Å²) in [5.74, 6) is -0.228. The molecular formula is C8H14N2O3. The molecule has 1 fully saturated rings. The molecule has 1 aliphatic heterocycles. The summed E-state index contributed by atoms with van der Waals surface area (Å²) in [4.78, 5) is 22.3. The lowest BCUT2D eigenvalue weighted by atomic mass is 10.1. The number of carbonyl (C=O) groups excluding carboxylic acids is 2. The van der Waals surface area contributed by atoms with Crippen molar-refractivity contribution >= 4 is 11.7 Å². The van der Waals surface area contributed by atoms with Crippen LogP contribution in [-0.2, 0) is 14.3 Å². The van der Waals surface area contributed by atoms with Crippen LogP contribution in [0.15, 0.2) is 0 Å². The van der Waals surface area contributed by atoms with Crippen molar-refractivity contribution in [3.05, 3.63) is 0 Å². The number of rotatable bonds is 5. The number of hydrogen-bond donors (Lipinski definition) is 2. The standard InChI is InChI=1S/C8H14N2O3/c1-5(8(12)6-4-13-6)10-7(11)3-9-2/h5-6,9H,3-4H2,1-2H3,(H,10,11). The highest BCUT2D eigenvalue weighted by Crippen LogP contribution is 2.11. The zero-order valence-electron chi connectivity index (χ0n) is 7.79. The SMILES string of the molecule is CNCC(=O)NC(C)C(=O)C1CO1. The van der Waals surface area contributed by atoms with E-state index in [2.05, 4.69) is 10.6 Å². The number of ether oxygens (including phenoxy) is 1. The Kier molecular flexibility index (Phi) is 3.39. The van der Waals surface area contributed by atoms with Gasteiger partial charge in [-0.2, -0.15) is 0 Å². The molecule has 2 unspecified atom stereocenters. The van der Waals surface area contributed by atoms with E-state index in [-0.39, 0.29) is 24.3 Å². The van der Waals surface area contributed by atoms with E-state index in [0.717, 1.165) is 0 Å². The summed E-state index contributed by atoms with van der Waals surface area (Å²) in [6.45, 7) is 2.38. The van der Waals surface area contributed by atoms with Gasteiger partial charge in [-0.25, -0.2) is 0 Å². The van der Waals surface area contributed by atoms with Gasteiger partial charge in [0.25, 0.3) is 0 Å². The molecule has 5 nitrogen and oxygen atoms in total. The highest BCUT2D eigenvalue weighted by molar-refractivity contribution is 5.93. The molecule has 0 aliphatic carbocycles. The van der Waals surface area contributed by atoms with Crippen molar-refractivity contribution in [2.75, 3.05) is 20.2 Å². The molecule has 74 valence electrons. The van der Waals surface area contributed by atoms with Gasteiger partial charge in [0.15, 0.2) is 5.78 Å². The third kappa shape index (κ3) is 3.12. The zero-order valence-corrected chi connectivity index (χ0v) is 7.79. The highest BCUT2D eigenvalue weighted by atomic mass is 16.6. The molecule has 1 heterocycles. The van der Waals surface area contributed by atoms with Gasteiger partial charge in [-0.05, 0) is 14.0 Å². The van der Waals surface area contributed by atoms with Crippen molar-refractivity contribution in [2.45, 2.75) is 19.1 Å². The number of hydrogen-bond acceptors (Lipinski definition) is 4. The second-order valence-corrected chi connectivity index (χ2v) is 3.04. The maximum atomic E-state index is 11.3. The fraction of sp³-hybridized carbons (Fsp3) is 0.750.